The number of rotatable bonds is 5. The van der Waals surface area contributed by atoms with E-state index >= 15 is 0 Å². The van der Waals surface area contributed by atoms with Crippen LogP contribution in [-0.2, 0) is 22.6 Å². The minimum Gasteiger partial charge on any atom is -0.461 e. The molecular formula is C20H18N2O3. The minimum absolute atomic E-state index is 0.0711. The van der Waals surface area contributed by atoms with Crippen molar-refractivity contribution in [3.63, 3.8) is 0 Å². The molecule has 126 valence electrons. The van der Waals surface area contributed by atoms with Gasteiger partial charge in [-0.3, -0.25) is 14.2 Å². The molecule has 25 heavy (non-hydrogen) atoms. The highest BCUT2D eigenvalue weighted by Gasteiger charge is 2.11. The Morgan fingerprint density at radius 3 is 2.60 bits per heavy atom. The monoisotopic (exact) mass is 334 g/mol. The first-order valence-corrected chi connectivity index (χ1v) is 7.96. The third kappa shape index (κ3) is 4.20. The number of carbonyl (C=O) groups excluding carboxylic acids is 1. The van der Waals surface area contributed by atoms with Crippen molar-refractivity contribution in [3.8, 4) is 5.82 Å². The van der Waals surface area contributed by atoms with Crippen LogP contribution < -0.4 is 5.56 Å². The molecule has 0 aliphatic carbocycles. The lowest BCUT2D eigenvalue weighted by Crippen LogP contribution is -2.24. The molecule has 0 radical (unpaired) electrons. The van der Waals surface area contributed by atoms with Crippen molar-refractivity contribution in [2.45, 2.75) is 20.0 Å². The number of hydrogen-bond donors (Lipinski definition) is 0. The number of esters is 1. The second kappa shape index (κ2) is 7.57. The molecule has 5 heteroatoms. The molecule has 3 rings (SSSR count). The van der Waals surface area contributed by atoms with Crippen LogP contribution in [0, 0.1) is 6.92 Å². The summed E-state index contributed by atoms with van der Waals surface area (Å²) in [5.74, 6) is 0.0886. The van der Waals surface area contributed by atoms with Gasteiger partial charge in [-0.2, -0.15) is 0 Å². The van der Waals surface area contributed by atoms with E-state index in [2.05, 4.69) is 4.98 Å². The molecule has 2 heterocycles. The second-order valence-electron chi connectivity index (χ2n) is 5.73. The van der Waals surface area contributed by atoms with Crippen LogP contribution in [0.3, 0.4) is 0 Å². The largest absolute Gasteiger partial charge is 0.461 e. The summed E-state index contributed by atoms with van der Waals surface area (Å²) in [6, 6.07) is 16.4. The molecule has 0 amide bonds. The highest BCUT2D eigenvalue weighted by molar-refractivity contribution is 5.72. The highest BCUT2D eigenvalue weighted by Crippen LogP contribution is 2.06. The van der Waals surface area contributed by atoms with Gasteiger partial charge in [0, 0.05) is 18.0 Å². The van der Waals surface area contributed by atoms with Crippen molar-refractivity contribution >= 4 is 5.97 Å². The molecule has 0 N–H and O–H groups in total. The zero-order valence-electron chi connectivity index (χ0n) is 13.9. The van der Waals surface area contributed by atoms with Crippen molar-refractivity contribution in [1.82, 2.24) is 9.55 Å². The average molecular weight is 334 g/mol. The van der Waals surface area contributed by atoms with Gasteiger partial charge in [0.15, 0.2) is 0 Å². The first-order chi connectivity index (χ1) is 12.1. The molecule has 5 nitrogen and oxygen atoms in total. The summed E-state index contributed by atoms with van der Waals surface area (Å²) >= 11 is 0. The lowest BCUT2D eigenvalue weighted by molar-refractivity contribution is -0.144. The lowest BCUT2D eigenvalue weighted by atomic mass is 10.2. The van der Waals surface area contributed by atoms with Crippen molar-refractivity contribution in [2.24, 2.45) is 0 Å². The van der Waals surface area contributed by atoms with Crippen LogP contribution in [-0.4, -0.2) is 15.5 Å². The third-order valence-electron chi connectivity index (χ3n) is 3.75. The van der Waals surface area contributed by atoms with Gasteiger partial charge in [-0.25, -0.2) is 4.98 Å². The van der Waals surface area contributed by atoms with Gasteiger partial charge in [0.1, 0.15) is 12.4 Å². The standard InChI is InChI=1S/C20H18N2O3/c1-15-9-10-18(21-13-15)22-11-5-8-17(20(22)24)12-19(23)25-14-16-6-3-2-4-7-16/h2-11,13H,12,14H2,1H3. The predicted molar refractivity (Wildman–Crippen MR) is 94.5 cm³/mol. The topological polar surface area (TPSA) is 61.2 Å². The number of benzene rings is 1. The molecule has 0 bridgehead atoms. The number of aromatic nitrogens is 2. The Morgan fingerprint density at radius 2 is 1.88 bits per heavy atom. The van der Waals surface area contributed by atoms with E-state index in [1.54, 1.807) is 30.6 Å². The molecule has 3 aromatic rings. The minimum atomic E-state index is -0.435. The van der Waals surface area contributed by atoms with Crippen LogP contribution in [0.5, 0.6) is 0 Å². The van der Waals surface area contributed by atoms with Crippen molar-refractivity contribution in [1.29, 1.82) is 0 Å². The second-order valence-corrected chi connectivity index (χ2v) is 5.73. The summed E-state index contributed by atoms with van der Waals surface area (Å²) in [7, 11) is 0. The Bertz CT molecular complexity index is 916. The highest BCUT2D eigenvalue weighted by atomic mass is 16.5. The van der Waals surface area contributed by atoms with Crippen LogP contribution in [0.1, 0.15) is 16.7 Å². The maximum Gasteiger partial charge on any atom is 0.310 e. The quantitative estimate of drug-likeness (QED) is 0.673. The summed E-state index contributed by atoms with van der Waals surface area (Å²) in [6.07, 6.45) is 3.26. The fourth-order valence-electron chi connectivity index (χ4n) is 2.40. The maximum atomic E-state index is 12.6. The van der Waals surface area contributed by atoms with Gasteiger partial charge < -0.3 is 4.74 Å². The Labute approximate surface area is 145 Å². The molecule has 0 fully saturated rings. The van der Waals surface area contributed by atoms with E-state index < -0.39 is 5.97 Å². The Kier molecular flexibility index (Phi) is 5.04. The maximum absolute atomic E-state index is 12.6. The molecule has 0 aliphatic heterocycles. The number of pyridine rings is 2. The number of nitrogens with zero attached hydrogens (tertiary/aromatic N) is 2. The Morgan fingerprint density at radius 1 is 1.08 bits per heavy atom. The van der Waals surface area contributed by atoms with Crippen LogP contribution in [0.25, 0.3) is 5.82 Å². The van der Waals surface area contributed by atoms with Crippen molar-refractivity contribution in [2.75, 3.05) is 0 Å². The third-order valence-corrected chi connectivity index (χ3v) is 3.75. The van der Waals surface area contributed by atoms with E-state index in [1.165, 1.54) is 4.57 Å². The van der Waals surface area contributed by atoms with Crippen LogP contribution in [0.4, 0.5) is 0 Å². The first-order valence-electron chi connectivity index (χ1n) is 7.96. The molecule has 0 aliphatic rings. The summed E-state index contributed by atoms with van der Waals surface area (Å²) in [5.41, 5.74) is 2.03. The van der Waals surface area contributed by atoms with E-state index in [-0.39, 0.29) is 18.6 Å². The van der Waals surface area contributed by atoms with Crippen molar-refractivity contribution < 1.29 is 9.53 Å². The van der Waals surface area contributed by atoms with Gasteiger partial charge in [-0.15, -0.1) is 0 Å². The number of aryl methyl sites for hydroxylation is 1. The summed E-state index contributed by atoms with van der Waals surface area (Å²) < 4.78 is 6.68. The molecule has 0 spiro atoms. The molecular weight excluding hydrogens is 316 g/mol. The van der Waals surface area contributed by atoms with Gasteiger partial charge in [0.25, 0.3) is 5.56 Å². The van der Waals surface area contributed by atoms with Gasteiger partial charge in [0.05, 0.1) is 6.42 Å². The fraction of sp³-hybridized carbons (Fsp3) is 0.150. The first kappa shape index (κ1) is 16.6. The zero-order valence-corrected chi connectivity index (χ0v) is 13.9. The molecule has 0 saturated carbocycles. The molecule has 2 aromatic heterocycles. The zero-order chi connectivity index (χ0) is 17.6. The normalized spacial score (nSPS) is 10.4. The van der Waals surface area contributed by atoms with E-state index in [9.17, 15) is 9.59 Å². The molecule has 0 atom stereocenters. The van der Waals surface area contributed by atoms with Crippen molar-refractivity contribution in [3.05, 3.63) is 94.0 Å². The smallest absolute Gasteiger partial charge is 0.310 e. The number of hydrogen-bond acceptors (Lipinski definition) is 4. The van der Waals surface area contributed by atoms with Crippen LogP contribution in [0.15, 0.2) is 71.8 Å². The fourth-order valence-corrected chi connectivity index (χ4v) is 2.40. The summed E-state index contributed by atoms with van der Waals surface area (Å²) in [4.78, 5) is 28.9. The molecule has 0 unspecified atom stereocenters. The van der Waals surface area contributed by atoms with E-state index in [4.69, 9.17) is 4.74 Å². The van der Waals surface area contributed by atoms with Crippen LogP contribution >= 0.6 is 0 Å². The number of ether oxygens (including phenoxy) is 1. The summed E-state index contributed by atoms with van der Waals surface area (Å²) in [6.45, 7) is 2.12. The number of carbonyl (C=O) groups is 1. The van der Waals surface area contributed by atoms with E-state index in [0.29, 0.717) is 11.4 Å². The van der Waals surface area contributed by atoms with Gasteiger partial charge >= 0.3 is 5.97 Å². The van der Waals surface area contributed by atoms with Gasteiger partial charge in [-0.05, 0) is 30.2 Å². The average Bonchev–Trinajstić information content (AvgIpc) is 2.63. The molecule has 0 saturated heterocycles. The Hall–Kier alpha value is -3.21. The van der Waals surface area contributed by atoms with E-state index in [0.717, 1.165) is 11.1 Å². The predicted octanol–water partition coefficient (Wildman–Crippen LogP) is 2.83. The van der Waals surface area contributed by atoms with Gasteiger partial charge in [-0.1, -0.05) is 42.5 Å². The lowest BCUT2D eigenvalue weighted by Gasteiger charge is -2.08. The van der Waals surface area contributed by atoms with Gasteiger partial charge in [0.2, 0.25) is 0 Å². The van der Waals surface area contributed by atoms with Crippen LogP contribution in [0.2, 0.25) is 0 Å². The van der Waals surface area contributed by atoms with E-state index in [1.807, 2.05) is 43.3 Å². The Balaban J connectivity index is 1.72. The SMILES string of the molecule is Cc1ccc(-n2cccc(CC(=O)OCc3ccccc3)c2=O)nc1. The summed E-state index contributed by atoms with van der Waals surface area (Å²) in [5, 5.41) is 0. The molecule has 1 aromatic carbocycles.